The van der Waals surface area contributed by atoms with Gasteiger partial charge in [-0.25, -0.2) is 0 Å². The molecule has 21 heavy (non-hydrogen) atoms. The number of aromatic nitrogens is 1. The number of ketones is 1. The van der Waals surface area contributed by atoms with Crippen LogP contribution < -0.4 is 0 Å². The first-order chi connectivity index (χ1) is 9.95. The monoisotopic (exact) mass is 305 g/mol. The molecule has 0 fully saturated rings. The van der Waals surface area contributed by atoms with E-state index >= 15 is 0 Å². The number of carbonyl (C=O) groups is 1. The maximum atomic E-state index is 12.2. The van der Waals surface area contributed by atoms with Gasteiger partial charge in [0, 0.05) is 29.7 Å². The molecule has 0 aliphatic carbocycles. The molecule has 0 aliphatic rings. The maximum absolute atomic E-state index is 12.2. The molecule has 1 aromatic carbocycles. The molecule has 0 bridgehead atoms. The quantitative estimate of drug-likeness (QED) is 0.616. The second kappa shape index (κ2) is 6.46. The molecular formula is C17H20ClNO2. The number of ether oxygens (including phenoxy) is 1. The Morgan fingerprint density at radius 3 is 2.67 bits per heavy atom. The van der Waals surface area contributed by atoms with Crippen molar-refractivity contribution in [3.05, 3.63) is 52.8 Å². The summed E-state index contributed by atoms with van der Waals surface area (Å²) >= 11 is 5.93. The lowest BCUT2D eigenvalue weighted by Gasteiger charge is -2.11. The van der Waals surface area contributed by atoms with Crippen molar-refractivity contribution in [1.82, 2.24) is 4.57 Å². The average Bonchev–Trinajstić information content (AvgIpc) is 2.73. The smallest absolute Gasteiger partial charge is 0.182 e. The summed E-state index contributed by atoms with van der Waals surface area (Å²) < 4.78 is 7.25. The summed E-state index contributed by atoms with van der Waals surface area (Å²) in [6, 6.07) is 10.0. The Bertz CT molecular complexity index is 659. The highest BCUT2D eigenvalue weighted by Gasteiger charge is 2.19. The van der Waals surface area contributed by atoms with E-state index in [0.717, 1.165) is 22.6 Å². The first-order valence-corrected chi connectivity index (χ1v) is 7.34. The number of hydrogen-bond donors (Lipinski definition) is 0. The normalized spacial score (nSPS) is 12.4. The van der Waals surface area contributed by atoms with Crippen LogP contribution in [0.15, 0.2) is 30.3 Å². The Morgan fingerprint density at radius 2 is 2.05 bits per heavy atom. The van der Waals surface area contributed by atoms with Crippen LogP contribution in [0.2, 0.25) is 0 Å². The largest absolute Gasteiger partial charge is 0.380 e. The summed E-state index contributed by atoms with van der Waals surface area (Å²) in [6.45, 7) is 6.21. The Hall–Kier alpha value is -1.58. The van der Waals surface area contributed by atoms with Gasteiger partial charge in [0.05, 0.1) is 12.0 Å². The summed E-state index contributed by atoms with van der Waals surface area (Å²) in [5, 5.41) is -0.515. The molecular weight excluding hydrogens is 286 g/mol. The second-order valence-electron chi connectivity index (χ2n) is 5.20. The molecule has 0 saturated carbocycles. The number of Topliss-reactive ketones (excluding diaryl/α,β-unsaturated/α-hetero) is 1. The van der Waals surface area contributed by atoms with E-state index < -0.39 is 5.38 Å². The topological polar surface area (TPSA) is 31.2 Å². The Kier molecular flexibility index (Phi) is 4.86. The standard InChI is InChI=1S/C17H20ClNO2/c1-11-8-16(17(20)12(2)18)13(3)19(11)15-7-5-6-14(9-15)10-21-4/h5-9,12H,10H2,1-4H3. The van der Waals surface area contributed by atoms with Gasteiger partial charge in [-0.3, -0.25) is 4.79 Å². The van der Waals surface area contributed by atoms with E-state index in [1.54, 1.807) is 14.0 Å². The molecule has 2 rings (SSSR count). The number of alkyl halides is 1. The van der Waals surface area contributed by atoms with Crippen LogP contribution in [0.3, 0.4) is 0 Å². The number of carbonyl (C=O) groups excluding carboxylic acids is 1. The number of benzene rings is 1. The van der Waals surface area contributed by atoms with E-state index in [0.29, 0.717) is 12.2 Å². The van der Waals surface area contributed by atoms with Crippen LogP contribution in [0.5, 0.6) is 0 Å². The van der Waals surface area contributed by atoms with E-state index in [-0.39, 0.29) is 5.78 Å². The molecule has 112 valence electrons. The molecule has 0 spiro atoms. The van der Waals surface area contributed by atoms with Crippen molar-refractivity contribution in [2.75, 3.05) is 7.11 Å². The maximum Gasteiger partial charge on any atom is 0.182 e. The van der Waals surface area contributed by atoms with Crippen molar-refractivity contribution < 1.29 is 9.53 Å². The fourth-order valence-corrected chi connectivity index (χ4v) is 2.69. The fourth-order valence-electron chi connectivity index (χ4n) is 2.58. The molecule has 1 unspecified atom stereocenters. The van der Waals surface area contributed by atoms with E-state index in [1.165, 1.54) is 0 Å². The van der Waals surface area contributed by atoms with Gasteiger partial charge in [-0.2, -0.15) is 0 Å². The highest BCUT2D eigenvalue weighted by Crippen LogP contribution is 2.23. The molecule has 2 aromatic rings. The number of nitrogens with zero attached hydrogens (tertiary/aromatic N) is 1. The first kappa shape index (κ1) is 15.8. The Labute approximate surface area is 130 Å². The summed E-state index contributed by atoms with van der Waals surface area (Å²) in [6.07, 6.45) is 0. The second-order valence-corrected chi connectivity index (χ2v) is 5.86. The van der Waals surface area contributed by atoms with Crippen LogP contribution in [-0.2, 0) is 11.3 Å². The zero-order chi connectivity index (χ0) is 15.6. The van der Waals surface area contributed by atoms with E-state index in [2.05, 4.69) is 10.6 Å². The third-order valence-corrected chi connectivity index (χ3v) is 3.74. The summed E-state index contributed by atoms with van der Waals surface area (Å²) in [5.74, 6) is -0.0379. The summed E-state index contributed by atoms with van der Waals surface area (Å²) in [5.41, 5.74) is 4.75. The van der Waals surface area contributed by atoms with Gasteiger partial charge in [0.1, 0.15) is 0 Å². The minimum atomic E-state index is -0.515. The first-order valence-electron chi connectivity index (χ1n) is 6.91. The van der Waals surface area contributed by atoms with Crippen molar-refractivity contribution in [1.29, 1.82) is 0 Å². The van der Waals surface area contributed by atoms with Crippen LogP contribution in [0.4, 0.5) is 0 Å². The minimum Gasteiger partial charge on any atom is -0.380 e. The van der Waals surface area contributed by atoms with Crippen molar-refractivity contribution in [2.45, 2.75) is 32.8 Å². The Morgan fingerprint density at radius 1 is 1.33 bits per heavy atom. The van der Waals surface area contributed by atoms with Gasteiger partial charge in [0.25, 0.3) is 0 Å². The molecule has 1 heterocycles. The molecule has 0 amide bonds. The lowest BCUT2D eigenvalue weighted by Crippen LogP contribution is -2.11. The molecule has 3 nitrogen and oxygen atoms in total. The van der Waals surface area contributed by atoms with Crippen molar-refractivity contribution in [3.8, 4) is 5.69 Å². The highest BCUT2D eigenvalue weighted by atomic mass is 35.5. The van der Waals surface area contributed by atoms with Crippen LogP contribution in [0.25, 0.3) is 5.69 Å². The van der Waals surface area contributed by atoms with Gasteiger partial charge >= 0.3 is 0 Å². The third kappa shape index (κ3) is 3.20. The summed E-state index contributed by atoms with van der Waals surface area (Å²) in [4.78, 5) is 12.2. The fraction of sp³-hybridized carbons (Fsp3) is 0.353. The van der Waals surface area contributed by atoms with E-state index in [9.17, 15) is 4.79 Å². The predicted molar refractivity (Wildman–Crippen MR) is 85.6 cm³/mol. The van der Waals surface area contributed by atoms with Crippen LogP contribution >= 0.6 is 11.6 Å². The van der Waals surface area contributed by atoms with Gasteiger partial charge in [-0.1, -0.05) is 12.1 Å². The van der Waals surface area contributed by atoms with Crippen molar-refractivity contribution >= 4 is 17.4 Å². The SMILES string of the molecule is COCc1cccc(-n2c(C)cc(C(=O)C(C)Cl)c2C)c1. The predicted octanol–water partition coefficient (Wildman–Crippen LogP) is 4.05. The van der Waals surface area contributed by atoms with Crippen LogP contribution in [-0.4, -0.2) is 22.8 Å². The lowest BCUT2D eigenvalue weighted by molar-refractivity contribution is 0.0991. The van der Waals surface area contributed by atoms with Gasteiger partial charge < -0.3 is 9.30 Å². The molecule has 0 radical (unpaired) electrons. The zero-order valence-corrected chi connectivity index (χ0v) is 13.6. The highest BCUT2D eigenvalue weighted by molar-refractivity contribution is 6.33. The molecule has 1 atom stereocenters. The number of methoxy groups -OCH3 is 1. The molecule has 0 N–H and O–H groups in total. The van der Waals surface area contributed by atoms with Gasteiger partial charge in [-0.15, -0.1) is 11.6 Å². The zero-order valence-electron chi connectivity index (χ0n) is 12.8. The number of rotatable bonds is 5. The molecule has 0 saturated heterocycles. The number of halogens is 1. The van der Waals surface area contributed by atoms with Crippen LogP contribution in [0, 0.1) is 13.8 Å². The van der Waals surface area contributed by atoms with E-state index in [1.807, 2.05) is 38.1 Å². The molecule has 0 aliphatic heterocycles. The Balaban J connectivity index is 2.50. The molecule has 4 heteroatoms. The third-order valence-electron chi connectivity index (χ3n) is 3.54. The average molecular weight is 306 g/mol. The van der Waals surface area contributed by atoms with Gasteiger partial charge in [0.2, 0.25) is 0 Å². The molecule has 1 aromatic heterocycles. The van der Waals surface area contributed by atoms with Crippen molar-refractivity contribution in [2.24, 2.45) is 0 Å². The number of aryl methyl sites for hydroxylation is 1. The minimum absolute atomic E-state index is 0.0379. The van der Waals surface area contributed by atoms with Gasteiger partial charge in [-0.05, 0) is 44.5 Å². The lowest BCUT2D eigenvalue weighted by atomic mass is 10.1. The van der Waals surface area contributed by atoms with E-state index in [4.69, 9.17) is 16.3 Å². The van der Waals surface area contributed by atoms with Crippen LogP contribution in [0.1, 0.15) is 34.2 Å². The van der Waals surface area contributed by atoms with Crippen molar-refractivity contribution in [3.63, 3.8) is 0 Å². The van der Waals surface area contributed by atoms with Gasteiger partial charge in [0.15, 0.2) is 5.78 Å². The summed E-state index contributed by atoms with van der Waals surface area (Å²) in [7, 11) is 1.68. The number of hydrogen-bond acceptors (Lipinski definition) is 2.